The molecule has 7 rings (SSSR count). The van der Waals surface area contributed by atoms with E-state index in [1.54, 1.807) is 0 Å². The summed E-state index contributed by atoms with van der Waals surface area (Å²) in [5.41, 5.74) is 10.6. The molecule has 2 heteroatoms. The second-order valence-corrected chi connectivity index (χ2v) is 9.57. The average molecular weight is 487 g/mol. The van der Waals surface area contributed by atoms with Crippen LogP contribution in [0.5, 0.6) is 0 Å². The number of fused-ring (bicyclic) bond motifs is 3. The van der Waals surface area contributed by atoms with Gasteiger partial charge < -0.3 is 9.88 Å². The van der Waals surface area contributed by atoms with E-state index in [2.05, 4.69) is 155 Å². The molecule has 0 spiro atoms. The van der Waals surface area contributed by atoms with Gasteiger partial charge in [0.25, 0.3) is 0 Å². The molecule has 0 aliphatic heterocycles. The predicted molar refractivity (Wildman–Crippen MR) is 161 cm³/mol. The van der Waals surface area contributed by atoms with Crippen molar-refractivity contribution >= 4 is 33.2 Å². The molecule has 0 amide bonds. The number of aromatic nitrogens is 1. The summed E-state index contributed by atoms with van der Waals surface area (Å²) >= 11 is 0. The number of hydrogen-bond acceptors (Lipinski definition) is 1. The highest BCUT2D eigenvalue weighted by atomic mass is 15.0. The van der Waals surface area contributed by atoms with E-state index in [-0.39, 0.29) is 0 Å². The molecular formula is C36H26N2. The van der Waals surface area contributed by atoms with Crippen molar-refractivity contribution in [1.82, 2.24) is 4.57 Å². The zero-order valence-corrected chi connectivity index (χ0v) is 20.9. The van der Waals surface area contributed by atoms with E-state index in [4.69, 9.17) is 0 Å². The van der Waals surface area contributed by atoms with E-state index in [9.17, 15) is 0 Å². The highest BCUT2D eigenvalue weighted by molar-refractivity contribution is 6.10. The molecule has 0 radical (unpaired) electrons. The van der Waals surface area contributed by atoms with Gasteiger partial charge in [0.2, 0.25) is 0 Å². The van der Waals surface area contributed by atoms with Crippen molar-refractivity contribution < 1.29 is 0 Å². The van der Waals surface area contributed by atoms with Crippen LogP contribution in [0.2, 0.25) is 0 Å². The van der Waals surface area contributed by atoms with Gasteiger partial charge in [-0.1, -0.05) is 103 Å². The van der Waals surface area contributed by atoms with Crippen molar-refractivity contribution in [2.75, 3.05) is 5.32 Å². The normalized spacial score (nSPS) is 11.2. The quantitative estimate of drug-likeness (QED) is 0.256. The van der Waals surface area contributed by atoms with E-state index < -0.39 is 0 Å². The summed E-state index contributed by atoms with van der Waals surface area (Å²) in [6.07, 6.45) is 0. The third-order valence-electron chi connectivity index (χ3n) is 7.19. The monoisotopic (exact) mass is 486 g/mol. The van der Waals surface area contributed by atoms with Gasteiger partial charge in [-0.3, -0.25) is 0 Å². The lowest BCUT2D eigenvalue weighted by atomic mass is 10.1. The van der Waals surface area contributed by atoms with Crippen LogP contribution in [0.25, 0.3) is 49.7 Å². The van der Waals surface area contributed by atoms with Crippen LogP contribution in [0.3, 0.4) is 0 Å². The summed E-state index contributed by atoms with van der Waals surface area (Å²) in [5, 5.41) is 6.09. The minimum atomic E-state index is 1.07. The smallest absolute Gasteiger partial charge is 0.0542 e. The fourth-order valence-corrected chi connectivity index (χ4v) is 5.31. The number of nitrogens with zero attached hydrogens (tertiary/aromatic N) is 1. The topological polar surface area (TPSA) is 17.0 Å². The van der Waals surface area contributed by atoms with Gasteiger partial charge in [0, 0.05) is 27.8 Å². The van der Waals surface area contributed by atoms with E-state index in [1.807, 2.05) is 6.07 Å². The van der Waals surface area contributed by atoms with Crippen molar-refractivity contribution in [2.45, 2.75) is 0 Å². The van der Waals surface area contributed by atoms with Crippen molar-refractivity contribution in [3.8, 4) is 27.9 Å². The first-order valence-corrected chi connectivity index (χ1v) is 13.0. The van der Waals surface area contributed by atoms with Crippen molar-refractivity contribution in [3.63, 3.8) is 0 Å². The molecule has 1 heterocycles. The number of benzene rings is 6. The first-order valence-electron chi connectivity index (χ1n) is 13.0. The average Bonchev–Trinajstić information content (AvgIpc) is 3.32. The Bertz CT molecular complexity index is 1850. The van der Waals surface area contributed by atoms with Gasteiger partial charge in [-0.05, 0) is 70.8 Å². The molecule has 0 bridgehead atoms. The number of anilines is 2. The van der Waals surface area contributed by atoms with Crippen LogP contribution in [0.4, 0.5) is 11.4 Å². The first-order chi connectivity index (χ1) is 18.8. The summed E-state index contributed by atoms with van der Waals surface area (Å²) in [5.74, 6) is 0. The Kier molecular flexibility index (Phi) is 5.49. The second-order valence-electron chi connectivity index (χ2n) is 9.57. The fourth-order valence-electron chi connectivity index (χ4n) is 5.31. The second kappa shape index (κ2) is 9.42. The molecule has 38 heavy (non-hydrogen) atoms. The van der Waals surface area contributed by atoms with E-state index in [1.165, 1.54) is 44.1 Å². The van der Waals surface area contributed by atoms with Crippen LogP contribution in [-0.4, -0.2) is 4.57 Å². The van der Waals surface area contributed by atoms with Gasteiger partial charge in [0.05, 0.1) is 11.0 Å². The van der Waals surface area contributed by atoms with Crippen LogP contribution in [0.15, 0.2) is 152 Å². The summed E-state index contributed by atoms with van der Waals surface area (Å²) in [6, 6.07) is 53.8. The van der Waals surface area contributed by atoms with Crippen LogP contribution >= 0.6 is 0 Å². The summed E-state index contributed by atoms with van der Waals surface area (Å²) < 4.78 is 2.36. The molecule has 2 nitrogen and oxygen atoms in total. The van der Waals surface area contributed by atoms with Gasteiger partial charge in [-0.25, -0.2) is 0 Å². The predicted octanol–water partition coefficient (Wildman–Crippen LogP) is 9.86. The van der Waals surface area contributed by atoms with Gasteiger partial charge in [-0.2, -0.15) is 0 Å². The Morgan fingerprint density at radius 3 is 1.53 bits per heavy atom. The van der Waals surface area contributed by atoms with E-state index in [0.29, 0.717) is 0 Å². The van der Waals surface area contributed by atoms with Gasteiger partial charge in [-0.15, -0.1) is 0 Å². The minimum Gasteiger partial charge on any atom is -0.356 e. The standard InChI is InChI=1S/C36H26N2/c1-3-9-26(10-4-1)28-15-19-30(20-16-28)37-31-21-24-36-34(25-31)33-13-7-8-14-35(33)38(36)32-22-17-29(18-23-32)27-11-5-2-6-12-27/h1-25,37H. The molecule has 7 aromatic rings. The largest absolute Gasteiger partial charge is 0.356 e. The van der Waals surface area contributed by atoms with E-state index in [0.717, 1.165) is 17.1 Å². The molecule has 0 atom stereocenters. The molecule has 0 fully saturated rings. The summed E-state index contributed by atoms with van der Waals surface area (Å²) in [4.78, 5) is 0. The molecule has 0 aliphatic rings. The van der Waals surface area contributed by atoms with Crippen molar-refractivity contribution in [2.24, 2.45) is 0 Å². The molecule has 0 saturated heterocycles. The van der Waals surface area contributed by atoms with Crippen LogP contribution in [-0.2, 0) is 0 Å². The maximum Gasteiger partial charge on any atom is 0.0542 e. The first kappa shape index (κ1) is 22.1. The highest BCUT2D eigenvalue weighted by Crippen LogP contribution is 2.35. The summed E-state index contributed by atoms with van der Waals surface area (Å²) in [6.45, 7) is 0. The maximum atomic E-state index is 3.60. The Balaban J connectivity index is 1.25. The van der Waals surface area contributed by atoms with Gasteiger partial charge in [0.15, 0.2) is 0 Å². The molecule has 180 valence electrons. The number of nitrogens with one attached hydrogen (secondary N) is 1. The Morgan fingerprint density at radius 1 is 0.368 bits per heavy atom. The minimum absolute atomic E-state index is 1.07. The molecule has 0 saturated carbocycles. The highest BCUT2D eigenvalue weighted by Gasteiger charge is 2.13. The lowest BCUT2D eigenvalue weighted by Crippen LogP contribution is -1.94. The van der Waals surface area contributed by atoms with Gasteiger partial charge >= 0.3 is 0 Å². The number of rotatable bonds is 5. The zero-order chi connectivity index (χ0) is 25.3. The van der Waals surface area contributed by atoms with E-state index >= 15 is 0 Å². The van der Waals surface area contributed by atoms with Gasteiger partial charge in [0.1, 0.15) is 0 Å². The molecular weight excluding hydrogens is 460 g/mol. The Hall–Kier alpha value is -5.08. The lowest BCUT2D eigenvalue weighted by Gasteiger charge is -2.11. The van der Waals surface area contributed by atoms with Crippen LogP contribution in [0, 0.1) is 0 Å². The lowest BCUT2D eigenvalue weighted by molar-refractivity contribution is 1.18. The third kappa shape index (κ3) is 4.03. The molecule has 1 N–H and O–H groups in total. The number of hydrogen-bond donors (Lipinski definition) is 1. The van der Waals surface area contributed by atoms with Crippen LogP contribution in [0.1, 0.15) is 0 Å². The maximum absolute atomic E-state index is 3.60. The molecule has 1 aromatic heterocycles. The van der Waals surface area contributed by atoms with Crippen LogP contribution < -0.4 is 5.32 Å². The fraction of sp³-hybridized carbons (Fsp3) is 0. The summed E-state index contributed by atoms with van der Waals surface area (Å²) in [7, 11) is 0. The SMILES string of the molecule is c1ccc(-c2ccc(Nc3ccc4c(c3)c3ccccc3n4-c3ccc(-c4ccccc4)cc3)cc2)cc1. The van der Waals surface area contributed by atoms with Crippen molar-refractivity contribution in [1.29, 1.82) is 0 Å². The third-order valence-corrected chi connectivity index (χ3v) is 7.19. The Labute approximate surface area is 222 Å². The zero-order valence-electron chi connectivity index (χ0n) is 20.9. The Morgan fingerprint density at radius 2 is 0.868 bits per heavy atom. The number of para-hydroxylation sites is 1. The molecule has 0 unspecified atom stereocenters. The molecule has 0 aliphatic carbocycles. The van der Waals surface area contributed by atoms with Crippen molar-refractivity contribution in [3.05, 3.63) is 152 Å². The molecule has 6 aromatic carbocycles.